The van der Waals surface area contributed by atoms with Crippen molar-refractivity contribution in [1.82, 2.24) is 15.1 Å². The van der Waals surface area contributed by atoms with Crippen molar-refractivity contribution < 1.29 is 61.9 Å². The van der Waals surface area contributed by atoms with Crippen molar-refractivity contribution >= 4 is 23.9 Å². The largest absolute Gasteiger partial charge is 0.479 e. The number of nitrogens with zero attached hydrogens (tertiary/aromatic N) is 3. The number of esters is 4. The van der Waals surface area contributed by atoms with Gasteiger partial charge in [-0.1, -0.05) is 12.1 Å². The van der Waals surface area contributed by atoms with Crippen LogP contribution in [0.15, 0.2) is 28.7 Å². The third kappa shape index (κ3) is 5.37. The first-order valence-electron chi connectivity index (χ1n) is 16.0. The number of benzene rings is 1. The van der Waals surface area contributed by atoms with E-state index in [1.165, 1.54) is 19.9 Å². The van der Waals surface area contributed by atoms with E-state index in [0.717, 1.165) is 31.9 Å². The van der Waals surface area contributed by atoms with E-state index in [1.807, 2.05) is 12.1 Å². The minimum atomic E-state index is -2.26. The van der Waals surface area contributed by atoms with Crippen molar-refractivity contribution in [2.24, 2.45) is 5.92 Å². The topological polar surface area (TPSA) is 195 Å². The number of aromatic nitrogens is 2. The van der Waals surface area contributed by atoms with Gasteiger partial charge in [0.15, 0.2) is 42.0 Å². The summed E-state index contributed by atoms with van der Waals surface area (Å²) < 4.78 is 47.3. The zero-order chi connectivity index (χ0) is 35.0. The summed E-state index contributed by atoms with van der Waals surface area (Å²) in [6, 6.07) is 3.67. The Morgan fingerprint density at radius 2 is 1.65 bits per heavy atom. The maximum Gasteiger partial charge on any atom is 0.308 e. The van der Waals surface area contributed by atoms with E-state index in [9.17, 15) is 24.3 Å². The van der Waals surface area contributed by atoms with Gasteiger partial charge in [-0.3, -0.25) is 19.2 Å². The minimum Gasteiger partial charge on any atom is -0.479 e. The number of ether oxygens (including phenoxy) is 7. The zero-order valence-electron chi connectivity index (χ0n) is 27.7. The fourth-order valence-electron chi connectivity index (χ4n) is 8.27. The van der Waals surface area contributed by atoms with Crippen LogP contribution in [0.4, 0.5) is 0 Å². The number of likely N-dealkylation sites (N-methyl/N-ethyl adjacent to an activating group) is 1. The Labute approximate surface area is 280 Å². The van der Waals surface area contributed by atoms with E-state index >= 15 is 0 Å². The van der Waals surface area contributed by atoms with Crippen molar-refractivity contribution in [3.63, 3.8) is 0 Å². The fraction of sp³-hybridized carbons (Fsp3) is 0.576. The molecule has 2 saturated heterocycles. The molecule has 16 nitrogen and oxygen atoms in total. The number of hydrogen-bond acceptors (Lipinski definition) is 16. The molecule has 1 N–H and O–H groups in total. The van der Waals surface area contributed by atoms with E-state index in [0.29, 0.717) is 25.1 Å². The molecule has 1 spiro atoms. The van der Waals surface area contributed by atoms with Crippen LogP contribution in [0, 0.1) is 12.8 Å². The molecule has 2 fully saturated rings. The van der Waals surface area contributed by atoms with Crippen LogP contribution in [0.2, 0.25) is 0 Å². The highest BCUT2D eigenvalue weighted by atomic mass is 16.8. The second-order valence-electron chi connectivity index (χ2n) is 13.1. The number of aliphatic hydroxyl groups is 1. The highest BCUT2D eigenvalue weighted by Gasteiger charge is 2.70. The number of carbonyl (C=O) groups excluding carboxylic acids is 4. The molecule has 49 heavy (non-hydrogen) atoms. The van der Waals surface area contributed by atoms with E-state index in [1.54, 1.807) is 6.07 Å². The van der Waals surface area contributed by atoms with Gasteiger partial charge in [0.05, 0.1) is 5.41 Å². The minimum absolute atomic E-state index is 0.0707. The zero-order valence-corrected chi connectivity index (χ0v) is 27.7. The first kappa shape index (κ1) is 33.1. The summed E-state index contributed by atoms with van der Waals surface area (Å²) in [7, 11) is 2.06. The standard InChI is InChI=1S/C33H37N3O13/c1-14-34-35-29(42-14)27-25(44-16(3)38)26(45-17(4)39)28(46-18(5)40)30(47-27)49-33(41)10-9-20-21-13-19-7-8-22(43-15(2)37)24-23(19)32(20,31(33)48-24)11-12-36(21)6/h7-10,20-21,25-28,30-31,41H,11-13H2,1-6H3/t20-,21+,25-,26-,27?,28+,30-,31+,32-,33-/m0/s1. The molecule has 5 aliphatic rings. The van der Waals surface area contributed by atoms with Crippen LogP contribution >= 0.6 is 0 Å². The van der Waals surface area contributed by atoms with Gasteiger partial charge in [0.25, 0.3) is 0 Å². The number of piperidine rings is 1. The highest BCUT2D eigenvalue weighted by molar-refractivity contribution is 5.73. The molecule has 16 heteroatoms. The Kier molecular flexibility index (Phi) is 8.04. The van der Waals surface area contributed by atoms with Gasteiger partial charge in [0.1, 0.15) is 0 Å². The van der Waals surface area contributed by atoms with Crippen molar-refractivity contribution in [3.8, 4) is 11.5 Å². The van der Waals surface area contributed by atoms with Crippen molar-refractivity contribution in [1.29, 1.82) is 0 Å². The maximum atomic E-state index is 12.6. The average molecular weight is 684 g/mol. The number of carbonyl (C=O) groups is 4. The lowest BCUT2D eigenvalue weighted by Crippen LogP contribution is -2.70. The maximum absolute atomic E-state index is 12.6. The van der Waals surface area contributed by atoms with E-state index < -0.39 is 71.9 Å². The summed E-state index contributed by atoms with van der Waals surface area (Å²) in [6.07, 6.45) is -4.02. The molecule has 0 radical (unpaired) electrons. The number of rotatable bonds is 7. The predicted octanol–water partition coefficient (Wildman–Crippen LogP) is 1.35. The Hall–Kier alpha value is -4.38. The van der Waals surface area contributed by atoms with Gasteiger partial charge in [-0.15, -0.1) is 10.2 Å². The lowest BCUT2D eigenvalue weighted by atomic mass is 9.52. The summed E-state index contributed by atoms with van der Waals surface area (Å²) in [6.45, 7) is 6.91. The molecular weight excluding hydrogens is 646 g/mol. The van der Waals surface area contributed by atoms with E-state index in [2.05, 4.69) is 22.1 Å². The first-order chi connectivity index (χ1) is 23.2. The molecule has 1 aromatic heterocycles. The molecule has 7 rings (SSSR count). The molecule has 2 aliphatic carbocycles. The molecule has 1 unspecified atom stereocenters. The van der Waals surface area contributed by atoms with Gasteiger partial charge in [-0.25, -0.2) is 0 Å². The number of aryl methyl sites for hydroxylation is 1. The van der Waals surface area contributed by atoms with Crippen LogP contribution in [-0.4, -0.2) is 100 Å². The Morgan fingerprint density at radius 3 is 2.31 bits per heavy atom. The summed E-state index contributed by atoms with van der Waals surface area (Å²) in [5.41, 5.74) is 1.02. The highest BCUT2D eigenvalue weighted by Crippen LogP contribution is 2.64. The summed E-state index contributed by atoms with van der Waals surface area (Å²) in [4.78, 5) is 51.6. The third-order valence-electron chi connectivity index (χ3n) is 9.92. The van der Waals surface area contributed by atoms with Gasteiger partial charge in [0.2, 0.25) is 23.9 Å². The molecule has 0 amide bonds. The molecule has 0 saturated carbocycles. The molecule has 2 aromatic rings. The quantitative estimate of drug-likeness (QED) is 0.144. The summed E-state index contributed by atoms with van der Waals surface area (Å²) in [5, 5.41) is 20.5. The molecule has 3 aliphatic heterocycles. The summed E-state index contributed by atoms with van der Waals surface area (Å²) >= 11 is 0. The Balaban J connectivity index is 1.34. The van der Waals surface area contributed by atoms with Crippen LogP contribution in [0.1, 0.15) is 63.1 Å². The lowest BCUT2D eigenvalue weighted by Gasteiger charge is -2.58. The van der Waals surface area contributed by atoms with Gasteiger partial charge < -0.3 is 47.6 Å². The van der Waals surface area contributed by atoms with Gasteiger partial charge in [0, 0.05) is 52.1 Å². The SMILES string of the molecule is CC(=O)Oc1ccc2c3c1O[C@@H]1[C@]34CCN(C)[C@H](C2)[C@@H]4C=C[C@]1(O)O[C@@H]1OC(c2nnc(C)o2)[C@@H](OC(C)=O)[C@H](OC(C)=O)[C@H]1OC(C)=O. The number of hydrogen-bond donors (Lipinski definition) is 1. The van der Waals surface area contributed by atoms with Gasteiger partial charge in [-0.05, 0) is 44.1 Å². The second kappa shape index (κ2) is 11.9. The van der Waals surface area contributed by atoms with E-state index in [-0.39, 0.29) is 29.5 Å². The van der Waals surface area contributed by atoms with Crippen LogP contribution in [0.3, 0.4) is 0 Å². The average Bonchev–Trinajstić information content (AvgIpc) is 3.61. The van der Waals surface area contributed by atoms with Gasteiger partial charge in [-0.2, -0.15) is 0 Å². The molecule has 10 atom stereocenters. The van der Waals surface area contributed by atoms with Gasteiger partial charge >= 0.3 is 23.9 Å². The molecule has 2 bridgehead atoms. The monoisotopic (exact) mass is 683 g/mol. The van der Waals surface area contributed by atoms with Crippen molar-refractivity contribution in [3.05, 3.63) is 47.2 Å². The predicted molar refractivity (Wildman–Crippen MR) is 161 cm³/mol. The normalized spacial score (nSPS) is 35.5. The van der Waals surface area contributed by atoms with Crippen LogP contribution in [0.5, 0.6) is 11.5 Å². The lowest BCUT2D eigenvalue weighted by molar-refractivity contribution is -0.370. The molecule has 1 aromatic carbocycles. The first-order valence-corrected chi connectivity index (χ1v) is 16.0. The fourth-order valence-corrected chi connectivity index (χ4v) is 8.27. The van der Waals surface area contributed by atoms with Crippen LogP contribution < -0.4 is 9.47 Å². The van der Waals surface area contributed by atoms with E-state index in [4.69, 9.17) is 37.6 Å². The molecule has 4 heterocycles. The smallest absolute Gasteiger partial charge is 0.308 e. The second-order valence-corrected chi connectivity index (χ2v) is 13.1. The summed E-state index contributed by atoms with van der Waals surface area (Å²) in [5.74, 6) is -4.71. The van der Waals surface area contributed by atoms with Crippen LogP contribution in [0.25, 0.3) is 0 Å². The Bertz CT molecular complexity index is 1740. The number of likely N-dealkylation sites (tertiary alicyclic amines) is 1. The molecule has 262 valence electrons. The van der Waals surface area contributed by atoms with Crippen LogP contribution in [-0.2, 0) is 54.7 Å². The molecular formula is C33H37N3O13. The van der Waals surface area contributed by atoms with Crippen molar-refractivity contribution in [2.75, 3.05) is 13.6 Å². The van der Waals surface area contributed by atoms with Crippen molar-refractivity contribution in [2.45, 2.75) is 102 Å². The third-order valence-corrected chi connectivity index (χ3v) is 9.92. The Morgan fingerprint density at radius 1 is 0.959 bits per heavy atom.